The average molecular weight is 794 g/mol. The fraction of sp³-hybridized carbons (Fsp3) is 0.381. The largest absolute Gasteiger partial charge is 0.481 e. The van der Waals surface area contributed by atoms with Crippen molar-refractivity contribution in [1.82, 2.24) is 36.2 Å². The first-order valence-electron chi connectivity index (χ1n) is 19.6. The number of aromatic amines is 1. The summed E-state index contributed by atoms with van der Waals surface area (Å²) in [5.74, 6) is -3.37. The maximum Gasteiger partial charge on any atom is 0.303 e. The summed E-state index contributed by atoms with van der Waals surface area (Å²) in [6, 6.07) is 13.7. The first-order chi connectivity index (χ1) is 27.9. The smallest absolute Gasteiger partial charge is 0.303 e. The molecule has 1 aliphatic carbocycles. The Morgan fingerprint density at radius 3 is 2.33 bits per heavy atom. The molecule has 9 N–H and O–H groups in total. The Hall–Kier alpha value is -6.58. The van der Waals surface area contributed by atoms with Crippen molar-refractivity contribution in [2.24, 2.45) is 5.73 Å². The molecule has 0 radical (unpaired) electrons. The molecule has 1 fully saturated rings. The molecule has 1 aliphatic rings. The molecule has 2 atom stereocenters. The van der Waals surface area contributed by atoms with Gasteiger partial charge in [-0.05, 0) is 105 Å². The third-order valence-electron chi connectivity index (χ3n) is 10.1. The van der Waals surface area contributed by atoms with Crippen molar-refractivity contribution in [3.8, 4) is 0 Å². The van der Waals surface area contributed by atoms with Gasteiger partial charge in [0.15, 0.2) is 0 Å². The summed E-state index contributed by atoms with van der Waals surface area (Å²) in [5.41, 5.74) is 8.93. The van der Waals surface area contributed by atoms with E-state index in [1.54, 1.807) is 48.8 Å². The van der Waals surface area contributed by atoms with Crippen LogP contribution in [0.5, 0.6) is 0 Å². The third kappa shape index (κ3) is 12.2. The number of hydrogen-bond donors (Lipinski definition) is 8. The Balaban J connectivity index is 1.26. The first-order valence-corrected chi connectivity index (χ1v) is 19.6. The number of unbranched alkanes of at least 4 members (excludes halogenated alkanes) is 1. The molecular formula is C42H51N9O7. The van der Waals surface area contributed by atoms with E-state index < -0.39 is 47.2 Å². The van der Waals surface area contributed by atoms with Gasteiger partial charge in [-0.25, -0.2) is 4.98 Å². The quantitative estimate of drug-likeness (QED) is 0.0469. The van der Waals surface area contributed by atoms with E-state index >= 15 is 0 Å². The zero-order valence-electron chi connectivity index (χ0n) is 32.5. The van der Waals surface area contributed by atoms with Gasteiger partial charge in [-0.3, -0.25) is 33.8 Å². The predicted molar refractivity (Wildman–Crippen MR) is 219 cm³/mol. The van der Waals surface area contributed by atoms with Crippen LogP contribution in [-0.4, -0.2) is 79.7 Å². The standard InChI is InChI=1S/C42H51N9O7/c1-27-10-7-13-31-36(27)50-41(49-31)46-30-19-17-29(18-20-30)37(55)47-32(12-3-6-25-45-34(52)21-16-28-11-9-24-44-26-28)38(56)48-33(14-8-15-35(53)54)39(57)51-42(40(43)58)22-4-2-5-23-42/h7,9-11,13,16-21,24,26,32-33H,2-6,8,12,14-15,22-23,25H2,1H3,(H2,43,58)(H,45,52)(H,47,55)(H,48,56)(H,51,57)(H,53,54)(H2,46,49,50)/b21-16+/t32-,33-/m1/s1. The maximum atomic E-state index is 14.0. The lowest BCUT2D eigenvalue weighted by molar-refractivity contribution is -0.137. The van der Waals surface area contributed by atoms with Gasteiger partial charge >= 0.3 is 5.97 Å². The minimum Gasteiger partial charge on any atom is -0.481 e. The second-order valence-electron chi connectivity index (χ2n) is 14.5. The summed E-state index contributed by atoms with van der Waals surface area (Å²) in [5, 5.41) is 23.6. The SMILES string of the molecule is Cc1cccc2[nH]c(Nc3ccc(C(=O)N[C@H](CCCCNC(=O)/C=C/c4cccnc4)C(=O)N[C@H](CCCC(=O)O)C(=O)NC4(C(N)=O)CCCCC4)cc3)nc12. The average Bonchev–Trinajstić information content (AvgIpc) is 3.63. The van der Waals surface area contributed by atoms with Crippen LogP contribution in [0, 0.1) is 6.92 Å². The molecule has 4 aromatic rings. The van der Waals surface area contributed by atoms with Crippen LogP contribution in [0.3, 0.4) is 0 Å². The zero-order valence-corrected chi connectivity index (χ0v) is 32.5. The van der Waals surface area contributed by atoms with E-state index in [0.29, 0.717) is 56.7 Å². The number of carbonyl (C=O) groups is 6. The number of para-hydroxylation sites is 1. The molecule has 0 bridgehead atoms. The van der Waals surface area contributed by atoms with Crippen molar-refractivity contribution in [2.75, 3.05) is 11.9 Å². The number of hydrogen-bond acceptors (Lipinski definition) is 9. The molecule has 1 saturated carbocycles. The normalized spacial score (nSPS) is 14.6. The Kier molecular flexibility index (Phi) is 15.1. The lowest BCUT2D eigenvalue weighted by atomic mass is 9.80. The van der Waals surface area contributed by atoms with Gasteiger partial charge in [0, 0.05) is 42.7 Å². The van der Waals surface area contributed by atoms with Crippen LogP contribution in [0.2, 0.25) is 0 Å². The topological polar surface area (TPSA) is 250 Å². The minimum atomic E-state index is -1.28. The van der Waals surface area contributed by atoms with E-state index in [4.69, 9.17) is 5.73 Å². The molecule has 306 valence electrons. The van der Waals surface area contributed by atoms with Gasteiger partial charge in [-0.2, -0.15) is 0 Å². The number of nitrogens with one attached hydrogen (secondary N) is 6. The lowest BCUT2D eigenvalue weighted by Gasteiger charge is -2.36. The van der Waals surface area contributed by atoms with E-state index in [0.717, 1.165) is 28.6 Å². The summed E-state index contributed by atoms with van der Waals surface area (Å²) in [7, 11) is 0. The molecule has 5 amide bonds. The predicted octanol–water partition coefficient (Wildman–Crippen LogP) is 4.15. The number of nitrogens with two attached hydrogens (primary N) is 1. The van der Waals surface area contributed by atoms with Crippen LogP contribution in [0.15, 0.2) is 73.1 Å². The molecule has 2 heterocycles. The molecule has 0 aliphatic heterocycles. The summed E-state index contributed by atoms with van der Waals surface area (Å²) in [6.45, 7) is 2.27. The number of carboxylic acid groups (broad SMARTS) is 1. The molecule has 0 spiro atoms. The summed E-state index contributed by atoms with van der Waals surface area (Å²) in [4.78, 5) is 89.4. The van der Waals surface area contributed by atoms with Crippen LogP contribution in [-0.2, 0) is 24.0 Å². The number of imidazole rings is 1. The summed E-state index contributed by atoms with van der Waals surface area (Å²) >= 11 is 0. The fourth-order valence-corrected chi connectivity index (χ4v) is 6.89. The van der Waals surface area contributed by atoms with Gasteiger partial charge in [0.25, 0.3) is 5.91 Å². The number of pyridine rings is 1. The first kappa shape index (κ1) is 42.6. The van der Waals surface area contributed by atoms with Crippen molar-refractivity contribution < 1.29 is 33.9 Å². The van der Waals surface area contributed by atoms with Crippen molar-refractivity contribution in [2.45, 2.75) is 95.2 Å². The number of anilines is 2. The number of aryl methyl sites for hydroxylation is 1. The Morgan fingerprint density at radius 2 is 1.64 bits per heavy atom. The van der Waals surface area contributed by atoms with E-state index in [1.165, 1.54) is 6.08 Å². The number of amides is 5. The van der Waals surface area contributed by atoms with Crippen LogP contribution in [0.25, 0.3) is 17.1 Å². The molecule has 58 heavy (non-hydrogen) atoms. The highest BCUT2D eigenvalue weighted by Crippen LogP contribution is 2.28. The van der Waals surface area contributed by atoms with Gasteiger partial charge < -0.3 is 42.4 Å². The number of carboxylic acids is 1. The molecule has 0 saturated heterocycles. The molecule has 16 heteroatoms. The molecule has 2 aromatic carbocycles. The van der Waals surface area contributed by atoms with Crippen molar-refractivity contribution in [3.05, 3.63) is 89.8 Å². The molecule has 0 unspecified atom stereocenters. The summed E-state index contributed by atoms with van der Waals surface area (Å²) in [6.07, 6.45) is 10.1. The molecular weight excluding hydrogens is 743 g/mol. The van der Waals surface area contributed by atoms with Crippen LogP contribution in [0.4, 0.5) is 11.6 Å². The van der Waals surface area contributed by atoms with E-state index in [2.05, 4.69) is 41.5 Å². The number of aliphatic carboxylic acids is 1. The number of aromatic nitrogens is 3. The van der Waals surface area contributed by atoms with E-state index in [1.807, 2.05) is 31.2 Å². The van der Waals surface area contributed by atoms with Crippen LogP contribution >= 0.6 is 0 Å². The lowest BCUT2D eigenvalue weighted by Crippen LogP contribution is -2.62. The Bertz CT molecular complexity index is 2090. The van der Waals surface area contributed by atoms with E-state index in [9.17, 15) is 33.9 Å². The number of benzene rings is 2. The maximum absolute atomic E-state index is 14.0. The molecule has 2 aromatic heterocycles. The van der Waals surface area contributed by atoms with Gasteiger partial charge in [0.05, 0.1) is 11.0 Å². The highest BCUT2D eigenvalue weighted by Gasteiger charge is 2.41. The fourth-order valence-electron chi connectivity index (χ4n) is 6.89. The zero-order chi connectivity index (χ0) is 41.5. The van der Waals surface area contributed by atoms with Gasteiger partial charge in [0.1, 0.15) is 17.6 Å². The number of rotatable bonds is 20. The van der Waals surface area contributed by atoms with Gasteiger partial charge in [-0.15, -0.1) is 0 Å². The summed E-state index contributed by atoms with van der Waals surface area (Å²) < 4.78 is 0. The number of primary amides is 1. The number of fused-ring (bicyclic) bond motifs is 1. The van der Waals surface area contributed by atoms with Crippen molar-refractivity contribution >= 4 is 64.3 Å². The molecule has 16 nitrogen and oxygen atoms in total. The molecule has 5 rings (SSSR count). The number of H-pyrrole nitrogens is 1. The van der Waals surface area contributed by atoms with Crippen LogP contribution < -0.4 is 32.3 Å². The van der Waals surface area contributed by atoms with Gasteiger partial charge in [0.2, 0.25) is 29.6 Å². The highest BCUT2D eigenvalue weighted by atomic mass is 16.4. The van der Waals surface area contributed by atoms with Crippen molar-refractivity contribution in [1.29, 1.82) is 0 Å². The second kappa shape index (κ2) is 20.5. The number of carbonyl (C=O) groups excluding carboxylic acids is 5. The van der Waals surface area contributed by atoms with Gasteiger partial charge in [-0.1, -0.05) is 37.5 Å². The number of nitrogens with zero attached hydrogens (tertiary/aromatic N) is 2. The minimum absolute atomic E-state index is 0.0305. The second-order valence-corrected chi connectivity index (χ2v) is 14.5. The Morgan fingerprint density at radius 1 is 0.897 bits per heavy atom. The van der Waals surface area contributed by atoms with E-state index in [-0.39, 0.29) is 37.2 Å². The van der Waals surface area contributed by atoms with Crippen molar-refractivity contribution in [3.63, 3.8) is 0 Å². The Labute approximate surface area is 336 Å². The third-order valence-corrected chi connectivity index (χ3v) is 10.1. The highest BCUT2D eigenvalue weighted by molar-refractivity contribution is 5.99. The van der Waals surface area contributed by atoms with Crippen LogP contribution in [0.1, 0.15) is 92.1 Å². The monoisotopic (exact) mass is 793 g/mol.